The molecule has 2 aliphatic rings. The van der Waals surface area contributed by atoms with E-state index in [1.165, 1.54) is 70.6 Å². The molecule has 4 rings (SSSR count). The summed E-state index contributed by atoms with van der Waals surface area (Å²) in [4.78, 5) is 25.4. The maximum atomic E-state index is 13.5. The number of rotatable bonds is 12. The molecule has 218 valence electrons. The third-order valence-electron chi connectivity index (χ3n) is 9.37. The maximum absolute atomic E-state index is 13.5. The lowest BCUT2D eigenvalue weighted by Crippen LogP contribution is -2.41. The maximum Gasteiger partial charge on any atom is 0.326 e. The monoisotopic (exact) mass is 564 g/mol. The van der Waals surface area contributed by atoms with Gasteiger partial charge in [-0.25, -0.2) is 4.79 Å². The molecule has 0 radical (unpaired) electrons. The van der Waals surface area contributed by atoms with Crippen LogP contribution in [0.1, 0.15) is 105 Å². The summed E-state index contributed by atoms with van der Waals surface area (Å²) in [5.41, 5.74) is 11.7. The molecule has 5 nitrogen and oxygen atoms in total. The molecule has 0 saturated heterocycles. The van der Waals surface area contributed by atoms with Crippen molar-refractivity contribution in [1.82, 2.24) is 5.32 Å². The van der Waals surface area contributed by atoms with Crippen molar-refractivity contribution in [2.45, 2.75) is 96.1 Å². The first-order valence-corrected chi connectivity index (χ1v) is 16.8. The quantitative estimate of drug-likeness (QED) is 0.245. The molecule has 2 aromatic carbocycles. The van der Waals surface area contributed by atoms with E-state index in [0.29, 0.717) is 29.6 Å². The summed E-state index contributed by atoms with van der Waals surface area (Å²) in [6, 6.07) is 13.1. The van der Waals surface area contributed by atoms with Crippen LogP contribution < -0.4 is 11.1 Å². The lowest BCUT2D eigenvalue weighted by molar-refractivity contribution is -0.139. The highest BCUT2D eigenvalue weighted by molar-refractivity contribution is 7.98. The van der Waals surface area contributed by atoms with Gasteiger partial charge in [-0.05, 0) is 83.9 Å². The van der Waals surface area contributed by atoms with Crippen LogP contribution in [0.2, 0.25) is 0 Å². The molecule has 2 fully saturated rings. The Kier molecular flexibility index (Phi) is 11.5. The average Bonchev–Trinajstić information content (AvgIpc) is 2.98. The molecule has 3 atom stereocenters. The normalized spacial score (nSPS) is 19.1. The molecule has 1 amide bonds. The Labute approximate surface area is 245 Å². The van der Waals surface area contributed by atoms with Crippen molar-refractivity contribution in [2.24, 2.45) is 23.5 Å². The van der Waals surface area contributed by atoms with E-state index in [2.05, 4.69) is 24.4 Å². The van der Waals surface area contributed by atoms with Crippen LogP contribution >= 0.6 is 11.8 Å². The standard InChI is InChI=1S/C34H48N2O3S/c1-23-11-9-10-16-27(23)30-22-26(17-18-28(30)33(37)36-31(34(38)39)19-20-40-2)32(35)29(25-14-7-4-8-15-25)21-24-12-5-3-6-13-24/h9-11,16-18,22,24-25,29,31-32H,3-8,12-15,19-21,35H2,1-2H3,(H,36,37)(H,38,39). The van der Waals surface area contributed by atoms with Crippen LogP contribution in [0.15, 0.2) is 42.5 Å². The number of nitrogens with one attached hydrogen (secondary N) is 1. The van der Waals surface area contributed by atoms with Gasteiger partial charge in [0.25, 0.3) is 5.91 Å². The minimum Gasteiger partial charge on any atom is -0.480 e. The van der Waals surface area contributed by atoms with Crippen molar-refractivity contribution in [3.8, 4) is 11.1 Å². The number of hydrogen-bond donors (Lipinski definition) is 3. The Morgan fingerprint density at radius 1 is 0.975 bits per heavy atom. The highest BCUT2D eigenvalue weighted by Gasteiger charge is 2.33. The van der Waals surface area contributed by atoms with Crippen LogP contribution in [0.5, 0.6) is 0 Å². The third-order valence-corrected chi connectivity index (χ3v) is 10.0. The van der Waals surface area contributed by atoms with Gasteiger partial charge >= 0.3 is 5.97 Å². The van der Waals surface area contributed by atoms with Gasteiger partial charge in [-0.3, -0.25) is 4.79 Å². The number of carboxylic acid groups (broad SMARTS) is 1. The molecular weight excluding hydrogens is 516 g/mol. The van der Waals surface area contributed by atoms with E-state index in [-0.39, 0.29) is 11.9 Å². The van der Waals surface area contributed by atoms with Gasteiger partial charge in [0.05, 0.1) is 0 Å². The molecule has 2 saturated carbocycles. The third kappa shape index (κ3) is 7.91. The Bertz CT molecular complexity index is 1120. The van der Waals surface area contributed by atoms with Gasteiger partial charge < -0.3 is 16.2 Å². The number of aliphatic carboxylic acids is 1. The van der Waals surface area contributed by atoms with Gasteiger partial charge in [0.1, 0.15) is 6.04 Å². The minimum absolute atomic E-state index is 0.0850. The zero-order chi connectivity index (χ0) is 28.5. The number of benzene rings is 2. The van der Waals surface area contributed by atoms with Gasteiger partial charge in [0.15, 0.2) is 0 Å². The predicted octanol–water partition coefficient (Wildman–Crippen LogP) is 7.76. The van der Waals surface area contributed by atoms with E-state index >= 15 is 0 Å². The zero-order valence-electron chi connectivity index (χ0n) is 24.4. The van der Waals surface area contributed by atoms with Gasteiger partial charge in [0.2, 0.25) is 0 Å². The number of amides is 1. The predicted molar refractivity (Wildman–Crippen MR) is 167 cm³/mol. The van der Waals surface area contributed by atoms with E-state index in [1.54, 1.807) is 11.8 Å². The van der Waals surface area contributed by atoms with Crippen LogP contribution in [0.25, 0.3) is 11.1 Å². The van der Waals surface area contributed by atoms with Crippen molar-refractivity contribution in [2.75, 3.05) is 12.0 Å². The van der Waals surface area contributed by atoms with Gasteiger partial charge in [0, 0.05) is 11.6 Å². The van der Waals surface area contributed by atoms with E-state index in [9.17, 15) is 14.7 Å². The molecule has 2 aromatic rings. The molecular formula is C34H48N2O3S. The fourth-order valence-electron chi connectivity index (χ4n) is 7.04. The first-order valence-electron chi connectivity index (χ1n) is 15.4. The van der Waals surface area contributed by atoms with Gasteiger partial charge in [-0.15, -0.1) is 0 Å². The first-order chi connectivity index (χ1) is 19.4. The SMILES string of the molecule is CSCCC(NC(=O)c1ccc(C(N)C(CC2CCCCC2)C2CCCCC2)cc1-c1ccccc1C)C(=O)O. The second-order valence-corrected chi connectivity index (χ2v) is 13.1. The second kappa shape index (κ2) is 15.1. The summed E-state index contributed by atoms with van der Waals surface area (Å²) in [5.74, 6) is 1.18. The van der Waals surface area contributed by atoms with Crippen LogP contribution in [0.3, 0.4) is 0 Å². The Morgan fingerprint density at radius 3 is 2.30 bits per heavy atom. The fourth-order valence-corrected chi connectivity index (χ4v) is 7.52. The summed E-state index contributed by atoms with van der Waals surface area (Å²) < 4.78 is 0. The smallest absolute Gasteiger partial charge is 0.326 e. The number of carbonyl (C=O) groups excluding carboxylic acids is 1. The molecule has 2 aliphatic carbocycles. The summed E-state index contributed by atoms with van der Waals surface area (Å²) in [6.07, 6.45) is 16.7. The number of thioether (sulfide) groups is 1. The molecule has 4 N–H and O–H groups in total. The summed E-state index contributed by atoms with van der Waals surface area (Å²) in [5, 5.41) is 12.5. The van der Waals surface area contributed by atoms with Crippen LogP contribution in [0, 0.1) is 24.7 Å². The van der Waals surface area contributed by atoms with Crippen molar-refractivity contribution < 1.29 is 14.7 Å². The van der Waals surface area contributed by atoms with E-state index in [0.717, 1.165) is 28.2 Å². The van der Waals surface area contributed by atoms with Gasteiger partial charge in [-0.1, -0.05) is 94.5 Å². The number of nitrogens with two attached hydrogens (primary N) is 1. The Hall–Kier alpha value is -2.31. The van der Waals surface area contributed by atoms with E-state index in [4.69, 9.17) is 5.73 Å². The molecule has 40 heavy (non-hydrogen) atoms. The van der Waals surface area contributed by atoms with Crippen molar-refractivity contribution in [1.29, 1.82) is 0 Å². The molecule has 0 spiro atoms. The number of aryl methyl sites for hydroxylation is 1. The van der Waals surface area contributed by atoms with E-state index < -0.39 is 12.0 Å². The largest absolute Gasteiger partial charge is 0.480 e. The van der Waals surface area contributed by atoms with Crippen LogP contribution in [-0.4, -0.2) is 35.0 Å². The van der Waals surface area contributed by atoms with Crippen LogP contribution in [0.4, 0.5) is 0 Å². The molecule has 0 heterocycles. The molecule has 0 aliphatic heterocycles. The summed E-state index contributed by atoms with van der Waals surface area (Å²) in [7, 11) is 0. The number of carboxylic acids is 1. The second-order valence-electron chi connectivity index (χ2n) is 12.1. The van der Waals surface area contributed by atoms with Crippen molar-refractivity contribution in [3.63, 3.8) is 0 Å². The summed E-state index contributed by atoms with van der Waals surface area (Å²) in [6.45, 7) is 2.05. The minimum atomic E-state index is -1.00. The molecule has 0 bridgehead atoms. The first kappa shape index (κ1) is 30.6. The highest BCUT2D eigenvalue weighted by atomic mass is 32.2. The Morgan fingerprint density at radius 2 is 1.65 bits per heavy atom. The number of carbonyl (C=O) groups is 2. The molecule has 0 aromatic heterocycles. The van der Waals surface area contributed by atoms with Crippen molar-refractivity contribution in [3.05, 3.63) is 59.2 Å². The topological polar surface area (TPSA) is 92.4 Å². The van der Waals surface area contributed by atoms with E-state index in [1.807, 2.05) is 36.6 Å². The fraction of sp³-hybridized carbons (Fsp3) is 0.588. The molecule has 6 heteroatoms. The lowest BCUT2D eigenvalue weighted by atomic mass is 9.69. The highest BCUT2D eigenvalue weighted by Crippen LogP contribution is 2.43. The average molecular weight is 565 g/mol. The van der Waals surface area contributed by atoms with Gasteiger partial charge in [-0.2, -0.15) is 11.8 Å². The Balaban J connectivity index is 1.68. The lowest BCUT2D eigenvalue weighted by Gasteiger charge is -2.38. The molecule has 3 unspecified atom stereocenters. The number of hydrogen-bond acceptors (Lipinski definition) is 4. The van der Waals surface area contributed by atoms with Crippen LogP contribution in [-0.2, 0) is 4.79 Å². The summed E-state index contributed by atoms with van der Waals surface area (Å²) >= 11 is 1.58. The zero-order valence-corrected chi connectivity index (χ0v) is 25.2. The van der Waals surface area contributed by atoms with Crippen molar-refractivity contribution >= 4 is 23.6 Å².